The Kier molecular flexibility index (Phi) is 8.17. The molecule has 0 spiro atoms. The van der Waals surface area contributed by atoms with Crippen molar-refractivity contribution in [1.82, 2.24) is 0 Å². The predicted octanol–water partition coefficient (Wildman–Crippen LogP) is 1.94. The number of ether oxygens (including phenoxy) is 2. The Hall–Kier alpha value is -1.92. The number of carboxylic acids is 1. The minimum absolute atomic E-state index is 0.121. The average Bonchev–Trinajstić information content (AvgIpc) is 2.49. The number of methoxy groups -OCH3 is 1. The fourth-order valence-corrected chi connectivity index (χ4v) is 1.80. The van der Waals surface area contributed by atoms with Crippen LogP contribution in [0, 0.1) is 5.92 Å². The predicted molar refractivity (Wildman–Crippen MR) is 82.9 cm³/mol. The van der Waals surface area contributed by atoms with Gasteiger partial charge in [-0.05, 0) is 24.1 Å². The van der Waals surface area contributed by atoms with Crippen molar-refractivity contribution >= 4 is 17.6 Å². The first-order valence-corrected chi connectivity index (χ1v) is 7.21. The van der Waals surface area contributed by atoms with Crippen LogP contribution in [-0.4, -0.2) is 43.9 Å². The van der Waals surface area contributed by atoms with Crippen molar-refractivity contribution in [3.8, 4) is 0 Å². The molecule has 1 amide bonds. The van der Waals surface area contributed by atoms with Gasteiger partial charge in [0.1, 0.15) is 0 Å². The van der Waals surface area contributed by atoms with E-state index in [0.717, 1.165) is 5.56 Å². The molecule has 0 bridgehead atoms. The molecule has 0 aliphatic rings. The molecule has 1 aromatic carbocycles. The Morgan fingerprint density at radius 3 is 2.45 bits per heavy atom. The number of carbonyl (C=O) groups is 2. The standard InChI is InChI=1S/C16H23NO5/c1-12(16(19)20)11-13-3-5-14(6-4-13)17-15(18)7-8-22-10-9-21-2/h3-6,12H,7-11H2,1-2H3,(H,17,18)(H,19,20). The highest BCUT2D eigenvalue weighted by Crippen LogP contribution is 2.13. The molecule has 1 atom stereocenters. The highest BCUT2D eigenvalue weighted by molar-refractivity contribution is 5.90. The van der Waals surface area contributed by atoms with Gasteiger partial charge >= 0.3 is 5.97 Å². The summed E-state index contributed by atoms with van der Waals surface area (Å²) < 4.78 is 10.1. The summed E-state index contributed by atoms with van der Waals surface area (Å²) >= 11 is 0. The van der Waals surface area contributed by atoms with Gasteiger partial charge in [0, 0.05) is 12.8 Å². The van der Waals surface area contributed by atoms with E-state index in [1.165, 1.54) is 0 Å². The number of carbonyl (C=O) groups excluding carboxylic acids is 1. The van der Waals surface area contributed by atoms with Crippen LogP contribution < -0.4 is 5.32 Å². The van der Waals surface area contributed by atoms with Gasteiger partial charge in [-0.15, -0.1) is 0 Å². The third-order valence-corrected chi connectivity index (χ3v) is 3.11. The Bertz CT molecular complexity index is 472. The Labute approximate surface area is 130 Å². The molecule has 2 N–H and O–H groups in total. The van der Waals surface area contributed by atoms with Crippen LogP contribution in [-0.2, 0) is 25.5 Å². The Balaban J connectivity index is 2.34. The maximum absolute atomic E-state index is 11.7. The van der Waals surface area contributed by atoms with Crippen LogP contribution in [0.1, 0.15) is 18.9 Å². The van der Waals surface area contributed by atoms with Crippen LogP contribution in [0.4, 0.5) is 5.69 Å². The van der Waals surface area contributed by atoms with Crippen LogP contribution in [0.5, 0.6) is 0 Å². The highest BCUT2D eigenvalue weighted by Gasteiger charge is 2.11. The fraction of sp³-hybridized carbons (Fsp3) is 0.500. The lowest BCUT2D eigenvalue weighted by Crippen LogP contribution is -2.15. The number of aliphatic carboxylic acids is 1. The van der Waals surface area contributed by atoms with Crippen molar-refractivity contribution in [3.63, 3.8) is 0 Å². The number of benzene rings is 1. The third kappa shape index (κ3) is 7.19. The molecule has 0 radical (unpaired) electrons. The largest absolute Gasteiger partial charge is 0.481 e. The van der Waals surface area contributed by atoms with Crippen LogP contribution in [0.15, 0.2) is 24.3 Å². The zero-order chi connectivity index (χ0) is 16.4. The normalized spacial score (nSPS) is 11.9. The third-order valence-electron chi connectivity index (χ3n) is 3.11. The van der Waals surface area contributed by atoms with Gasteiger partial charge in [0.25, 0.3) is 0 Å². The van der Waals surface area contributed by atoms with Gasteiger partial charge in [-0.3, -0.25) is 9.59 Å². The van der Waals surface area contributed by atoms with Crippen molar-refractivity contribution in [2.24, 2.45) is 5.92 Å². The molecule has 0 heterocycles. The number of rotatable bonds is 10. The first-order valence-electron chi connectivity index (χ1n) is 7.21. The summed E-state index contributed by atoms with van der Waals surface area (Å²) in [5.41, 5.74) is 1.62. The summed E-state index contributed by atoms with van der Waals surface area (Å²) in [7, 11) is 1.59. The molecule has 1 aromatic rings. The molecule has 0 aromatic heterocycles. The maximum Gasteiger partial charge on any atom is 0.306 e. The Morgan fingerprint density at radius 2 is 1.86 bits per heavy atom. The first kappa shape index (κ1) is 18.1. The molecule has 1 rings (SSSR count). The summed E-state index contributed by atoms with van der Waals surface area (Å²) in [5.74, 6) is -1.36. The van der Waals surface area contributed by atoms with E-state index in [1.54, 1.807) is 26.2 Å². The quantitative estimate of drug-likeness (QED) is 0.645. The van der Waals surface area contributed by atoms with Crippen LogP contribution >= 0.6 is 0 Å². The average molecular weight is 309 g/mol. The number of amides is 1. The van der Waals surface area contributed by atoms with E-state index in [4.69, 9.17) is 14.6 Å². The van der Waals surface area contributed by atoms with E-state index in [0.29, 0.717) is 31.9 Å². The summed E-state index contributed by atoms with van der Waals surface area (Å²) in [6.07, 6.45) is 0.748. The zero-order valence-electron chi connectivity index (χ0n) is 13.0. The van der Waals surface area contributed by atoms with Gasteiger partial charge in [0.05, 0.1) is 32.2 Å². The van der Waals surface area contributed by atoms with Crippen molar-refractivity contribution in [3.05, 3.63) is 29.8 Å². The summed E-state index contributed by atoms with van der Waals surface area (Å²) in [5, 5.41) is 11.6. The SMILES string of the molecule is COCCOCCC(=O)Nc1ccc(CC(C)C(=O)O)cc1. The molecule has 1 unspecified atom stereocenters. The first-order chi connectivity index (χ1) is 10.5. The zero-order valence-corrected chi connectivity index (χ0v) is 13.0. The van der Waals surface area contributed by atoms with E-state index < -0.39 is 11.9 Å². The van der Waals surface area contributed by atoms with Crippen molar-refractivity contribution in [1.29, 1.82) is 0 Å². The molecule has 122 valence electrons. The summed E-state index contributed by atoms with van der Waals surface area (Å²) in [4.78, 5) is 22.5. The fourth-order valence-electron chi connectivity index (χ4n) is 1.80. The number of hydrogen-bond acceptors (Lipinski definition) is 4. The second-order valence-electron chi connectivity index (χ2n) is 5.04. The molecule has 6 heteroatoms. The lowest BCUT2D eigenvalue weighted by atomic mass is 10.0. The number of carboxylic acid groups (broad SMARTS) is 1. The molecule has 6 nitrogen and oxygen atoms in total. The van der Waals surface area contributed by atoms with Crippen LogP contribution in [0.25, 0.3) is 0 Å². The molecular weight excluding hydrogens is 286 g/mol. The summed E-state index contributed by atoms with van der Waals surface area (Å²) in [6.45, 7) is 3.00. The lowest BCUT2D eigenvalue weighted by Gasteiger charge is -2.09. The second kappa shape index (κ2) is 9.92. The topological polar surface area (TPSA) is 84.9 Å². The van der Waals surface area contributed by atoms with E-state index in [2.05, 4.69) is 5.32 Å². The minimum atomic E-state index is -0.814. The molecule has 0 saturated carbocycles. The molecule has 0 aliphatic carbocycles. The van der Waals surface area contributed by atoms with Crippen LogP contribution in [0.2, 0.25) is 0 Å². The van der Waals surface area contributed by atoms with E-state index in [-0.39, 0.29) is 12.3 Å². The molecular formula is C16H23NO5. The Morgan fingerprint density at radius 1 is 1.18 bits per heavy atom. The van der Waals surface area contributed by atoms with Gasteiger partial charge in [-0.2, -0.15) is 0 Å². The number of nitrogens with one attached hydrogen (secondary N) is 1. The monoisotopic (exact) mass is 309 g/mol. The minimum Gasteiger partial charge on any atom is -0.481 e. The number of hydrogen-bond donors (Lipinski definition) is 2. The van der Waals surface area contributed by atoms with E-state index >= 15 is 0 Å². The van der Waals surface area contributed by atoms with Crippen molar-refractivity contribution in [2.75, 3.05) is 32.2 Å². The van der Waals surface area contributed by atoms with Gasteiger partial charge in [-0.1, -0.05) is 19.1 Å². The van der Waals surface area contributed by atoms with Crippen molar-refractivity contribution in [2.45, 2.75) is 19.8 Å². The lowest BCUT2D eigenvalue weighted by molar-refractivity contribution is -0.141. The molecule has 22 heavy (non-hydrogen) atoms. The van der Waals surface area contributed by atoms with Gasteiger partial charge in [0.2, 0.25) is 5.91 Å². The highest BCUT2D eigenvalue weighted by atomic mass is 16.5. The molecule has 0 fully saturated rings. The maximum atomic E-state index is 11.7. The van der Waals surface area contributed by atoms with Crippen molar-refractivity contribution < 1.29 is 24.2 Å². The van der Waals surface area contributed by atoms with Gasteiger partial charge < -0.3 is 19.9 Å². The smallest absolute Gasteiger partial charge is 0.306 e. The van der Waals surface area contributed by atoms with E-state index in [9.17, 15) is 9.59 Å². The molecule has 0 saturated heterocycles. The van der Waals surface area contributed by atoms with Gasteiger partial charge in [-0.25, -0.2) is 0 Å². The van der Waals surface area contributed by atoms with Crippen LogP contribution in [0.3, 0.4) is 0 Å². The second-order valence-corrected chi connectivity index (χ2v) is 5.04. The summed E-state index contributed by atoms with van der Waals surface area (Å²) in [6, 6.07) is 7.19. The number of anilines is 1. The van der Waals surface area contributed by atoms with E-state index in [1.807, 2.05) is 12.1 Å². The van der Waals surface area contributed by atoms with Gasteiger partial charge in [0.15, 0.2) is 0 Å². The molecule has 0 aliphatic heterocycles.